The van der Waals surface area contributed by atoms with E-state index in [1.807, 2.05) is 6.92 Å². The Morgan fingerprint density at radius 1 is 0.389 bits per heavy atom. The summed E-state index contributed by atoms with van der Waals surface area (Å²) in [7, 11) is 0. The average molecular weight is 507 g/mol. The number of hydrogen-bond donors (Lipinski definition) is 0. The van der Waals surface area contributed by atoms with Crippen molar-refractivity contribution in [1.82, 2.24) is 0 Å². The summed E-state index contributed by atoms with van der Waals surface area (Å²) in [5.41, 5.74) is 0. The van der Waals surface area contributed by atoms with E-state index in [2.05, 4.69) is 0 Å². The van der Waals surface area contributed by atoms with Gasteiger partial charge in [-0.25, -0.2) is 0 Å². The van der Waals surface area contributed by atoms with Crippen LogP contribution in [-0.4, -0.2) is 46.8 Å². The second-order valence-corrected chi connectivity index (χ2v) is 9.29. The molecule has 202 valence electrons. The number of hydrogen-bond acceptors (Lipinski definition) is 8. The zero-order valence-corrected chi connectivity index (χ0v) is 21.8. The molecule has 8 heteroatoms. The molecule has 0 heterocycles. The maximum absolute atomic E-state index is 12.0. The Hall–Kier alpha value is -2.64. The molecule has 0 rings (SSSR count). The maximum Gasteiger partial charge on any atom is 0.133 e. The zero-order valence-electron chi connectivity index (χ0n) is 21.8. The first-order valence-corrected chi connectivity index (χ1v) is 13.2. The molecule has 0 aliphatic rings. The van der Waals surface area contributed by atoms with Crippen molar-refractivity contribution in [2.24, 2.45) is 0 Å². The highest BCUT2D eigenvalue weighted by Crippen LogP contribution is 2.10. The SMILES string of the molecule is CCCCC(=O)CCC(=O)CCC(=O)CCC(=O)CCCCC(=O)CCC(=O)CCC(=O)CCC=O. The summed E-state index contributed by atoms with van der Waals surface area (Å²) in [4.78, 5) is 92.7. The van der Waals surface area contributed by atoms with Crippen LogP contribution in [0.1, 0.15) is 129 Å². The van der Waals surface area contributed by atoms with Gasteiger partial charge >= 0.3 is 0 Å². The minimum atomic E-state index is -0.148. The fraction of sp³-hybridized carbons (Fsp3) is 0.714. The van der Waals surface area contributed by atoms with Crippen LogP contribution in [0.5, 0.6) is 0 Å². The molecule has 0 unspecified atom stereocenters. The van der Waals surface area contributed by atoms with E-state index in [1.165, 1.54) is 0 Å². The Labute approximate surface area is 214 Å². The molecule has 0 aromatic rings. The van der Waals surface area contributed by atoms with Gasteiger partial charge in [0.2, 0.25) is 0 Å². The van der Waals surface area contributed by atoms with Crippen LogP contribution in [0.3, 0.4) is 0 Å². The van der Waals surface area contributed by atoms with Crippen molar-refractivity contribution in [3.63, 3.8) is 0 Å². The molecule has 0 aromatic heterocycles. The number of carbonyl (C=O) groups excluding carboxylic acids is 8. The third-order valence-electron chi connectivity index (χ3n) is 5.92. The number of carbonyl (C=O) groups is 8. The van der Waals surface area contributed by atoms with Gasteiger partial charge in [-0.3, -0.25) is 33.6 Å². The van der Waals surface area contributed by atoms with E-state index >= 15 is 0 Å². The van der Waals surface area contributed by atoms with Crippen molar-refractivity contribution in [3.8, 4) is 0 Å². The molecule has 0 aliphatic carbocycles. The van der Waals surface area contributed by atoms with E-state index in [1.54, 1.807) is 0 Å². The largest absolute Gasteiger partial charge is 0.303 e. The first-order chi connectivity index (χ1) is 17.2. The highest BCUT2D eigenvalue weighted by atomic mass is 16.2. The third-order valence-corrected chi connectivity index (χ3v) is 5.92. The number of aldehydes is 1. The highest BCUT2D eigenvalue weighted by Gasteiger charge is 2.13. The van der Waals surface area contributed by atoms with Crippen molar-refractivity contribution in [2.45, 2.75) is 129 Å². The lowest BCUT2D eigenvalue weighted by atomic mass is 10.00. The lowest BCUT2D eigenvalue weighted by Crippen LogP contribution is -2.09. The van der Waals surface area contributed by atoms with E-state index in [4.69, 9.17) is 0 Å². The first-order valence-electron chi connectivity index (χ1n) is 13.2. The van der Waals surface area contributed by atoms with Gasteiger partial charge in [0.15, 0.2) is 0 Å². The number of unbranched alkanes of at least 4 members (excludes halogenated alkanes) is 2. The van der Waals surface area contributed by atoms with Crippen LogP contribution < -0.4 is 0 Å². The Bertz CT molecular complexity index is 766. The summed E-state index contributed by atoms with van der Waals surface area (Å²) in [6.45, 7) is 2.00. The summed E-state index contributed by atoms with van der Waals surface area (Å²) in [6, 6.07) is 0. The molecule has 36 heavy (non-hydrogen) atoms. The predicted octanol–water partition coefficient (Wildman–Crippen LogP) is 4.60. The van der Waals surface area contributed by atoms with Crippen LogP contribution in [0.25, 0.3) is 0 Å². The van der Waals surface area contributed by atoms with Gasteiger partial charge in [-0.2, -0.15) is 0 Å². The number of Topliss-reactive ketones (excluding diaryl/α,β-unsaturated/α-hetero) is 7. The van der Waals surface area contributed by atoms with E-state index in [-0.39, 0.29) is 130 Å². The lowest BCUT2D eigenvalue weighted by Gasteiger charge is -2.03. The molecule has 0 saturated carbocycles. The number of rotatable bonds is 26. The van der Waals surface area contributed by atoms with Gasteiger partial charge in [0.05, 0.1) is 0 Å². The average Bonchev–Trinajstić information content (AvgIpc) is 2.86. The summed E-state index contributed by atoms with van der Waals surface area (Å²) in [6.07, 6.45) is 6.07. The van der Waals surface area contributed by atoms with Crippen molar-refractivity contribution >= 4 is 46.8 Å². The molecule has 0 amide bonds. The molecule has 0 fully saturated rings. The molecule has 0 N–H and O–H groups in total. The molecular weight excluding hydrogens is 464 g/mol. The molecule has 0 bridgehead atoms. The Morgan fingerprint density at radius 2 is 0.639 bits per heavy atom. The standard InChI is InChI=1S/C28H42O8/c1-2-3-7-22(30)11-15-27(35)19-20-28(36)17-13-24(32)9-5-4-8-23(31)12-16-26(34)18-14-25(33)10-6-21-29/h21H,2-20H2,1H3. The monoisotopic (exact) mass is 506 g/mol. The molecule has 0 saturated heterocycles. The normalized spacial score (nSPS) is 10.6. The van der Waals surface area contributed by atoms with E-state index in [0.29, 0.717) is 25.5 Å². The van der Waals surface area contributed by atoms with Crippen molar-refractivity contribution < 1.29 is 38.4 Å². The predicted molar refractivity (Wildman–Crippen MR) is 135 cm³/mol. The minimum Gasteiger partial charge on any atom is -0.303 e. The molecule has 0 aliphatic heterocycles. The second kappa shape index (κ2) is 21.6. The highest BCUT2D eigenvalue weighted by molar-refractivity contribution is 5.91. The van der Waals surface area contributed by atoms with Crippen LogP contribution in [-0.2, 0) is 38.4 Å². The van der Waals surface area contributed by atoms with Gasteiger partial charge in [0.25, 0.3) is 0 Å². The van der Waals surface area contributed by atoms with E-state index < -0.39 is 0 Å². The van der Waals surface area contributed by atoms with Gasteiger partial charge in [-0.05, 0) is 19.3 Å². The minimum absolute atomic E-state index is 0.0573. The molecule has 0 aromatic carbocycles. The van der Waals surface area contributed by atoms with Crippen LogP contribution in [0, 0.1) is 0 Å². The summed E-state index contributed by atoms with van der Waals surface area (Å²) < 4.78 is 0. The molecule has 8 nitrogen and oxygen atoms in total. The van der Waals surface area contributed by atoms with Gasteiger partial charge in [0.1, 0.15) is 46.8 Å². The maximum atomic E-state index is 12.0. The first kappa shape index (κ1) is 33.4. The number of ketones is 7. The van der Waals surface area contributed by atoms with E-state index in [0.717, 1.165) is 12.8 Å². The Balaban J connectivity index is 3.80. The molecule has 0 atom stereocenters. The second-order valence-electron chi connectivity index (χ2n) is 9.29. The van der Waals surface area contributed by atoms with Gasteiger partial charge in [-0.1, -0.05) is 13.3 Å². The van der Waals surface area contributed by atoms with Crippen molar-refractivity contribution in [3.05, 3.63) is 0 Å². The summed E-state index contributed by atoms with van der Waals surface area (Å²) in [5, 5.41) is 0. The summed E-state index contributed by atoms with van der Waals surface area (Å²) >= 11 is 0. The quantitative estimate of drug-likeness (QED) is 0.123. The van der Waals surface area contributed by atoms with E-state index in [9.17, 15) is 38.4 Å². The summed E-state index contributed by atoms with van der Waals surface area (Å²) in [5.74, 6) is -0.563. The molecule has 0 spiro atoms. The smallest absolute Gasteiger partial charge is 0.133 e. The van der Waals surface area contributed by atoms with Crippen LogP contribution in [0.2, 0.25) is 0 Å². The third kappa shape index (κ3) is 20.7. The van der Waals surface area contributed by atoms with Crippen LogP contribution >= 0.6 is 0 Å². The van der Waals surface area contributed by atoms with Gasteiger partial charge < -0.3 is 4.79 Å². The Kier molecular flexibility index (Phi) is 20.0. The molecular formula is C28H42O8. The van der Waals surface area contributed by atoms with Crippen molar-refractivity contribution in [2.75, 3.05) is 0 Å². The van der Waals surface area contributed by atoms with Crippen LogP contribution in [0.4, 0.5) is 0 Å². The topological polar surface area (TPSA) is 137 Å². The fourth-order valence-corrected chi connectivity index (χ4v) is 3.51. The molecule has 0 radical (unpaired) electrons. The van der Waals surface area contributed by atoms with Gasteiger partial charge in [-0.15, -0.1) is 0 Å². The zero-order chi connectivity index (χ0) is 27.2. The lowest BCUT2D eigenvalue weighted by molar-refractivity contribution is -0.127. The van der Waals surface area contributed by atoms with Gasteiger partial charge in [0, 0.05) is 96.3 Å². The Morgan fingerprint density at radius 3 is 0.917 bits per heavy atom. The van der Waals surface area contributed by atoms with Crippen LogP contribution in [0.15, 0.2) is 0 Å². The van der Waals surface area contributed by atoms with Crippen molar-refractivity contribution in [1.29, 1.82) is 0 Å². The fourth-order valence-electron chi connectivity index (χ4n) is 3.51.